The number of hydrogen-bond donors (Lipinski definition) is 3. The minimum absolute atomic E-state index is 0.119. The molecule has 0 fully saturated rings. The topological polar surface area (TPSA) is 109 Å². The second-order valence-corrected chi connectivity index (χ2v) is 8.12. The van der Waals surface area contributed by atoms with Gasteiger partial charge in [0.05, 0.1) is 11.3 Å². The van der Waals surface area contributed by atoms with E-state index in [1.165, 1.54) is 31.4 Å². The Morgan fingerprint density at radius 3 is 2.38 bits per heavy atom. The van der Waals surface area contributed by atoms with Gasteiger partial charge in [0.15, 0.2) is 0 Å². The van der Waals surface area contributed by atoms with Gasteiger partial charge in [-0.15, -0.1) is 0 Å². The van der Waals surface area contributed by atoms with Crippen molar-refractivity contribution in [3.63, 3.8) is 0 Å². The van der Waals surface area contributed by atoms with Gasteiger partial charge in [-0.25, -0.2) is 0 Å². The summed E-state index contributed by atoms with van der Waals surface area (Å²) in [5.74, 6) is -1.11. The molecule has 3 amide bonds. The van der Waals surface area contributed by atoms with Crippen LogP contribution >= 0.6 is 0 Å². The summed E-state index contributed by atoms with van der Waals surface area (Å²) in [6.07, 6.45) is -2.52. The Labute approximate surface area is 220 Å². The number of ether oxygens (including phenoxy) is 1. The fourth-order valence-electron chi connectivity index (χ4n) is 3.77. The van der Waals surface area contributed by atoms with E-state index < -0.39 is 29.2 Å². The van der Waals surface area contributed by atoms with Gasteiger partial charge < -0.3 is 20.7 Å². The van der Waals surface area contributed by atoms with E-state index in [-0.39, 0.29) is 22.9 Å². The highest BCUT2D eigenvalue weighted by Crippen LogP contribution is 2.37. The minimum atomic E-state index is -4.79. The summed E-state index contributed by atoms with van der Waals surface area (Å²) in [6.45, 7) is 3.23. The average molecular weight is 534 g/mol. The third kappa shape index (κ3) is 6.04. The Morgan fingerprint density at radius 1 is 0.923 bits per heavy atom. The number of halogens is 3. The fraction of sp³-hybridized carbons (Fsp3) is 0.0714. The minimum Gasteiger partial charge on any atom is -0.457 e. The number of pyridine rings is 1. The first-order chi connectivity index (χ1) is 18.6. The number of hydrogen-bond acceptors (Lipinski definition) is 5. The van der Waals surface area contributed by atoms with E-state index in [1.807, 2.05) is 0 Å². The van der Waals surface area contributed by atoms with Gasteiger partial charge in [0.2, 0.25) is 5.91 Å². The Morgan fingerprint density at radius 2 is 1.67 bits per heavy atom. The standard InChI is InChI=1S/C28H21F3N4O4/c1-3-25(36)35-22-11-10-16(14-21(22)28(29,30)31)34-26(37)20-8-4-7-19-18(20)6-5-9-24(19)39-17-12-13-33-23(15-17)27(38)32-2/h3-15H,1H2,2H3,(H,32,38)(H,34,37)(H,35,36). The lowest BCUT2D eigenvalue weighted by Gasteiger charge is -2.16. The van der Waals surface area contributed by atoms with Gasteiger partial charge in [-0.1, -0.05) is 30.8 Å². The maximum absolute atomic E-state index is 13.6. The van der Waals surface area contributed by atoms with Crippen molar-refractivity contribution in [2.75, 3.05) is 17.7 Å². The molecule has 198 valence electrons. The number of aromatic nitrogens is 1. The van der Waals surface area contributed by atoms with Crippen molar-refractivity contribution in [1.82, 2.24) is 10.3 Å². The van der Waals surface area contributed by atoms with Crippen LogP contribution in [-0.2, 0) is 11.0 Å². The van der Waals surface area contributed by atoms with Crippen molar-refractivity contribution in [2.24, 2.45) is 0 Å². The third-order valence-electron chi connectivity index (χ3n) is 5.57. The maximum atomic E-state index is 13.6. The number of alkyl halides is 3. The molecule has 0 aliphatic heterocycles. The van der Waals surface area contributed by atoms with Crippen molar-refractivity contribution in [3.8, 4) is 11.5 Å². The molecule has 3 N–H and O–H groups in total. The highest BCUT2D eigenvalue weighted by molar-refractivity contribution is 6.14. The zero-order valence-electron chi connectivity index (χ0n) is 20.4. The van der Waals surface area contributed by atoms with Crippen LogP contribution in [0.25, 0.3) is 10.8 Å². The molecule has 0 spiro atoms. The molecule has 1 aromatic heterocycles. The average Bonchev–Trinajstić information content (AvgIpc) is 2.92. The van der Waals surface area contributed by atoms with Gasteiger partial charge in [-0.05, 0) is 47.9 Å². The summed E-state index contributed by atoms with van der Waals surface area (Å²) in [4.78, 5) is 40.6. The van der Waals surface area contributed by atoms with E-state index in [4.69, 9.17) is 4.74 Å². The number of anilines is 2. The number of carbonyl (C=O) groups excluding carboxylic acids is 3. The number of amides is 3. The first-order valence-corrected chi connectivity index (χ1v) is 11.4. The largest absolute Gasteiger partial charge is 0.457 e. The van der Waals surface area contributed by atoms with Gasteiger partial charge in [0.25, 0.3) is 11.8 Å². The van der Waals surface area contributed by atoms with Crippen LogP contribution in [0.4, 0.5) is 24.5 Å². The number of nitrogens with zero attached hydrogens (tertiary/aromatic N) is 1. The number of rotatable bonds is 7. The smallest absolute Gasteiger partial charge is 0.418 e. The molecule has 4 aromatic rings. The second-order valence-electron chi connectivity index (χ2n) is 8.12. The van der Waals surface area contributed by atoms with Crippen LogP contribution in [0.2, 0.25) is 0 Å². The highest BCUT2D eigenvalue weighted by atomic mass is 19.4. The fourth-order valence-corrected chi connectivity index (χ4v) is 3.77. The Hall–Kier alpha value is -5.19. The summed E-state index contributed by atoms with van der Waals surface area (Å²) in [5.41, 5.74) is -1.36. The first kappa shape index (κ1) is 26.9. The molecule has 0 unspecified atom stereocenters. The zero-order valence-corrected chi connectivity index (χ0v) is 20.4. The monoisotopic (exact) mass is 534 g/mol. The van der Waals surface area contributed by atoms with E-state index in [9.17, 15) is 27.6 Å². The van der Waals surface area contributed by atoms with Crippen LogP contribution in [0, 0.1) is 0 Å². The molecule has 0 bridgehead atoms. The van der Waals surface area contributed by atoms with Gasteiger partial charge in [-0.3, -0.25) is 19.4 Å². The summed E-state index contributed by atoms with van der Waals surface area (Å²) in [5, 5.41) is 8.12. The molecule has 4 rings (SSSR count). The van der Waals surface area contributed by atoms with Crippen molar-refractivity contribution in [3.05, 3.63) is 102 Å². The molecular formula is C28H21F3N4O4. The molecule has 0 atom stereocenters. The lowest BCUT2D eigenvalue weighted by Crippen LogP contribution is -2.18. The Balaban J connectivity index is 1.64. The van der Waals surface area contributed by atoms with Gasteiger partial charge in [-0.2, -0.15) is 13.2 Å². The van der Waals surface area contributed by atoms with E-state index in [0.29, 0.717) is 22.3 Å². The Bertz CT molecular complexity index is 1600. The number of benzene rings is 3. The molecule has 8 nitrogen and oxygen atoms in total. The van der Waals surface area contributed by atoms with Crippen molar-refractivity contribution in [1.29, 1.82) is 0 Å². The maximum Gasteiger partial charge on any atom is 0.418 e. The number of nitrogens with one attached hydrogen (secondary N) is 3. The van der Waals surface area contributed by atoms with E-state index >= 15 is 0 Å². The second kappa shape index (κ2) is 11.1. The van der Waals surface area contributed by atoms with E-state index in [1.54, 1.807) is 36.4 Å². The lowest BCUT2D eigenvalue weighted by molar-refractivity contribution is -0.136. The van der Waals surface area contributed by atoms with Gasteiger partial charge in [0.1, 0.15) is 17.2 Å². The van der Waals surface area contributed by atoms with Crippen LogP contribution in [-0.4, -0.2) is 29.8 Å². The summed E-state index contributed by atoms with van der Waals surface area (Å²) in [6, 6.07) is 16.0. The molecular weight excluding hydrogens is 513 g/mol. The van der Waals surface area contributed by atoms with Crippen molar-refractivity contribution >= 4 is 39.9 Å². The zero-order chi connectivity index (χ0) is 28.2. The molecule has 0 aliphatic carbocycles. The van der Waals surface area contributed by atoms with Crippen LogP contribution < -0.4 is 20.7 Å². The molecule has 0 aliphatic rings. The summed E-state index contributed by atoms with van der Waals surface area (Å²) in [7, 11) is 1.48. The van der Waals surface area contributed by atoms with Crippen LogP contribution in [0.3, 0.4) is 0 Å². The summed E-state index contributed by atoms with van der Waals surface area (Å²) < 4.78 is 46.9. The molecule has 11 heteroatoms. The first-order valence-electron chi connectivity index (χ1n) is 11.4. The number of carbonyl (C=O) groups is 3. The molecule has 0 radical (unpaired) electrons. The SMILES string of the molecule is C=CC(=O)Nc1ccc(NC(=O)c2cccc3c(Oc4ccnc(C(=O)NC)c4)cccc23)cc1C(F)(F)F. The van der Waals surface area contributed by atoms with Crippen LogP contribution in [0.15, 0.2) is 85.6 Å². The van der Waals surface area contributed by atoms with Crippen LogP contribution in [0.5, 0.6) is 11.5 Å². The van der Waals surface area contributed by atoms with Gasteiger partial charge in [0, 0.05) is 35.9 Å². The number of fused-ring (bicyclic) bond motifs is 1. The summed E-state index contributed by atoms with van der Waals surface area (Å²) >= 11 is 0. The molecule has 0 saturated heterocycles. The molecule has 39 heavy (non-hydrogen) atoms. The van der Waals surface area contributed by atoms with Crippen LogP contribution in [0.1, 0.15) is 26.4 Å². The molecule has 0 saturated carbocycles. The van der Waals surface area contributed by atoms with Gasteiger partial charge >= 0.3 is 6.18 Å². The predicted octanol–water partition coefficient (Wildman–Crippen LogP) is 5.78. The quantitative estimate of drug-likeness (QED) is 0.260. The predicted molar refractivity (Wildman–Crippen MR) is 140 cm³/mol. The molecule has 3 aromatic carbocycles. The third-order valence-corrected chi connectivity index (χ3v) is 5.57. The highest BCUT2D eigenvalue weighted by Gasteiger charge is 2.34. The lowest BCUT2D eigenvalue weighted by atomic mass is 10.0. The van der Waals surface area contributed by atoms with Crippen molar-refractivity contribution < 1.29 is 32.3 Å². The van der Waals surface area contributed by atoms with Crippen molar-refractivity contribution in [2.45, 2.75) is 6.18 Å². The molecule has 1 heterocycles. The van der Waals surface area contributed by atoms with E-state index in [2.05, 4.69) is 27.5 Å². The Kier molecular flexibility index (Phi) is 7.61. The van der Waals surface area contributed by atoms with E-state index in [0.717, 1.165) is 18.2 Å². The normalized spacial score (nSPS) is 11.0.